The van der Waals surface area contributed by atoms with E-state index in [0.29, 0.717) is 19.4 Å². The average molecular weight is 239 g/mol. The standard InChI is InChI=1S/C14H19F2N/c1-11-3-2-4-12(9-11)13(10-17)5-7-14(15,16)8-6-13/h2-4,9H,5-8,10,17H2,1H3. The molecule has 0 aliphatic heterocycles. The zero-order valence-electron chi connectivity index (χ0n) is 10.2. The molecule has 1 saturated carbocycles. The van der Waals surface area contributed by atoms with Crippen molar-refractivity contribution in [2.45, 2.75) is 43.9 Å². The number of halogens is 2. The summed E-state index contributed by atoms with van der Waals surface area (Å²) in [6.45, 7) is 2.47. The third-order valence-electron chi connectivity index (χ3n) is 3.96. The highest BCUT2D eigenvalue weighted by atomic mass is 19.3. The van der Waals surface area contributed by atoms with Crippen LogP contribution < -0.4 is 5.73 Å². The highest BCUT2D eigenvalue weighted by Crippen LogP contribution is 2.44. The molecule has 0 amide bonds. The van der Waals surface area contributed by atoms with Gasteiger partial charge < -0.3 is 5.73 Å². The Hall–Kier alpha value is -0.960. The summed E-state index contributed by atoms with van der Waals surface area (Å²) in [6, 6.07) is 8.10. The molecule has 1 nitrogen and oxygen atoms in total. The molecular weight excluding hydrogens is 220 g/mol. The maximum Gasteiger partial charge on any atom is 0.248 e. The SMILES string of the molecule is Cc1cccc(C2(CN)CCC(F)(F)CC2)c1. The van der Waals surface area contributed by atoms with E-state index in [-0.39, 0.29) is 18.3 Å². The first-order valence-electron chi connectivity index (χ1n) is 6.13. The summed E-state index contributed by atoms with van der Waals surface area (Å²) >= 11 is 0. The van der Waals surface area contributed by atoms with E-state index < -0.39 is 5.92 Å². The van der Waals surface area contributed by atoms with Crippen LogP contribution in [0.5, 0.6) is 0 Å². The number of alkyl halides is 2. The molecule has 1 aromatic carbocycles. The first-order chi connectivity index (χ1) is 7.97. The van der Waals surface area contributed by atoms with Crippen molar-refractivity contribution >= 4 is 0 Å². The molecule has 0 spiro atoms. The van der Waals surface area contributed by atoms with Gasteiger partial charge in [-0.1, -0.05) is 29.8 Å². The Morgan fingerprint density at radius 1 is 1.18 bits per heavy atom. The first-order valence-corrected chi connectivity index (χ1v) is 6.13. The van der Waals surface area contributed by atoms with Gasteiger partial charge in [0.2, 0.25) is 5.92 Å². The van der Waals surface area contributed by atoms with Crippen molar-refractivity contribution in [3.8, 4) is 0 Å². The van der Waals surface area contributed by atoms with Gasteiger partial charge in [-0.2, -0.15) is 0 Å². The lowest BCUT2D eigenvalue weighted by atomic mass is 9.68. The quantitative estimate of drug-likeness (QED) is 0.841. The fourth-order valence-corrected chi connectivity index (χ4v) is 2.68. The second-order valence-electron chi connectivity index (χ2n) is 5.21. The Kier molecular flexibility index (Phi) is 3.21. The largest absolute Gasteiger partial charge is 0.330 e. The van der Waals surface area contributed by atoms with Gasteiger partial charge in [-0.05, 0) is 25.3 Å². The highest BCUT2D eigenvalue weighted by molar-refractivity contribution is 5.31. The average Bonchev–Trinajstić information content (AvgIpc) is 2.30. The van der Waals surface area contributed by atoms with Crippen molar-refractivity contribution in [2.75, 3.05) is 6.54 Å². The van der Waals surface area contributed by atoms with Gasteiger partial charge >= 0.3 is 0 Å². The zero-order valence-corrected chi connectivity index (χ0v) is 10.2. The van der Waals surface area contributed by atoms with Crippen LogP contribution in [0.25, 0.3) is 0 Å². The number of benzene rings is 1. The number of rotatable bonds is 2. The van der Waals surface area contributed by atoms with Crippen LogP contribution in [0.4, 0.5) is 8.78 Å². The predicted molar refractivity (Wildman–Crippen MR) is 65.3 cm³/mol. The van der Waals surface area contributed by atoms with E-state index in [1.165, 1.54) is 0 Å². The van der Waals surface area contributed by atoms with E-state index in [1.807, 2.05) is 25.1 Å². The number of nitrogens with two attached hydrogens (primary N) is 1. The Bertz CT molecular complexity index is 391. The molecule has 2 rings (SSSR count). The zero-order chi connectivity index (χ0) is 12.5. The van der Waals surface area contributed by atoms with Crippen molar-refractivity contribution in [2.24, 2.45) is 5.73 Å². The van der Waals surface area contributed by atoms with Gasteiger partial charge in [0.15, 0.2) is 0 Å². The minimum atomic E-state index is -2.50. The molecule has 0 bridgehead atoms. The molecule has 0 radical (unpaired) electrons. The van der Waals surface area contributed by atoms with Crippen LogP contribution in [0.3, 0.4) is 0 Å². The van der Waals surface area contributed by atoms with Crippen LogP contribution >= 0.6 is 0 Å². The van der Waals surface area contributed by atoms with Gasteiger partial charge in [-0.3, -0.25) is 0 Å². The summed E-state index contributed by atoms with van der Waals surface area (Å²) < 4.78 is 26.5. The van der Waals surface area contributed by atoms with Crippen LogP contribution in [0.1, 0.15) is 36.8 Å². The Balaban J connectivity index is 2.27. The second kappa shape index (κ2) is 4.37. The molecule has 1 aliphatic carbocycles. The van der Waals surface area contributed by atoms with E-state index in [4.69, 9.17) is 5.73 Å². The molecule has 0 atom stereocenters. The molecule has 17 heavy (non-hydrogen) atoms. The highest BCUT2D eigenvalue weighted by Gasteiger charge is 2.43. The molecule has 0 saturated heterocycles. The number of hydrogen-bond acceptors (Lipinski definition) is 1. The first kappa shape index (κ1) is 12.5. The summed E-state index contributed by atoms with van der Waals surface area (Å²) in [6.07, 6.45) is 0.885. The maximum absolute atomic E-state index is 13.2. The van der Waals surface area contributed by atoms with Gasteiger partial charge in [0, 0.05) is 24.8 Å². The molecule has 1 fully saturated rings. The lowest BCUT2D eigenvalue weighted by Crippen LogP contribution is -2.42. The normalized spacial score (nSPS) is 22.4. The number of hydrogen-bond donors (Lipinski definition) is 1. The molecule has 0 aromatic heterocycles. The minimum Gasteiger partial charge on any atom is -0.330 e. The molecule has 0 unspecified atom stereocenters. The lowest BCUT2D eigenvalue weighted by Gasteiger charge is -2.40. The number of aryl methyl sites for hydroxylation is 1. The van der Waals surface area contributed by atoms with Crippen molar-refractivity contribution < 1.29 is 8.78 Å². The summed E-state index contributed by atoms with van der Waals surface area (Å²) in [4.78, 5) is 0. The van der Waals surface area contributed by atoms with Crippen molar-refractivity contribution in [1.29, 1.82) is 0 Å². The summed E-state index contributed by atoms with van der Waals surface area (Å²) in [5.74, 6) is -2.50. The predicted octanol–water partition coefficient (Wildman–Crippen LogP) is 3.40. The van der Waals surface area contributed by atoms with E-state index in [0.717, 1.165) is 11.1 Å². The Labute approximate surface area is 101 Å². The molecule has 2 N–H and O–H groups in total. The fraction of sp³-hybridized carbons (Fsp3) is 0.571. The van der Waals surface area contributed by atoms with E-state index in [9.17, 15) is 8.78 Å². The summed E-state index contributed by atoms with van der Waals surface area (Å²) in [7, 11) is 0. The van der Waals surface area contributed by atoms with Gasteiger partial charge in [0.1, 0.15) is 0 Å². The van der Waals surface area contributed by atoms with Crippen LogP contribution in [0.15, 0.2) is 24.3 Å². The molecule has 3 heteroatoms. The Morgan fingerprint density at radius 3 is 2.35 bits per heavy atom. The van der Waals surface area contributed by atoms with E-state index >= 15 is 0 Å². The molecule has 94 valence electrons. The second-order valence-corrected chi connectivity index (χ2v) is 5.21. The van der Waals surface area contributed by atoms with E-state index in [2.05, 4.69) is 6.07 Å². The third-order valence-corrected chi connectivity index (χ3v) is 3.96. The molecule has 0 heterocycles. The van der Waals surface area contributed by atoms with Gasteiger partial charge in [-0.15, -0.1) is 0 Å². The van der Waals surface area contributed by atoms with Crippen molar-refractivity contribution in [3.05, 3.63) is 35.4 Å². The van der Waals surface area contributed by atoms with Gasteiger partial charge in [0.05, 0.1) is 0 Å². The smallest absolute Gasteiger partial charge is 0.248 e. The van der Waals surface area contributed by atoms with Gasteiger partial charge in [0.25, 0.3) is 0 Å². The topological polar surface area (TPSA) is 26.0 Å². The lowest BCUT2D eigenvalue weighted by molar-refractivity contribution is -0.0509. The van der Waals surface area contributed by atoms with Crippen molar-refractivity contribution in [3.63, 3.8) is 0 Å². The molecule has 1 aromatic rings. The van der Waals surface area contributed by atoms with Crippen LogP contribution in [-0.4, -0.2) is 12.5 Å². The monoisotopic (exact) mass is 239 g/mol. The minimum absolute atomic E-state index is 0.0435. The van der Waals surface area contributed by atoms with E-state index in [1.54, 1.807) is 0 Å². The summed E-state index contributed by atoms with van der Waals surface area (Å²) in [5, 5.41) is 0. The van der Waals surface area contributed by atoms with Gasteiger partial charge in [-0.25, -0.2) is 8.78 Å². The Morgan fingerprint density at radius 2 is 1.82 bits per heavy atom. The van der Waals surface area contributed by atoms with Crippen LogP contribution in [0, 0.1) is 6.92 Å². The third kappa shape index (κ3) is 2.49. The van der Waals surface area contributed by atoms with Crippen LogP contribution in [-0.2, 0) is 5.41 Å². The maximum atomic E-state index is 13.2. The van der Waals surface area contributed by atoms with Crippen molar-refractivity contribution in [1.82, 2.24) is 0 Å². The van der Waals surface area contributed by atoms with Crippen LogP contribution in [0.2, 0.25) is 0 Å². The molecule has 1 aliphatic rings. The fourth-order valence-electron chi connectivity index (χ4n) is 2.68. The molecular formula is C14H19F2N. The summed E-state index contributed by atoms with van der Waals surface area (Å²) in [5.41, 5.74) is 7.90.